The summed E-state index contributed by atoms with van der Waals surface area (Å²) < 4.78 is 5.50. The number of benzene rings is 1. The minimum absolute atomic E-state index is 0.0166. The number of fused-ring (bicyclic) bond motifs is 1. The zero-order valence-corrected chi connectivity index (χ0v) is 15.1. The summed E-state index contributed by atoms with van der Waals surface area (Å²) in [6, 6.07) is 8.06. The number of hydrogen-bond acceptors (Lipinski definition) is 4. The average molecular weight is 344 g/mol. The molecule has 1 aromatic carbocycles. The van der Waals surface area contributed by atoms with Gasteiger partial charge in [0.1, 0.15) is 5.75 Å². The smallest absolute Gasteiger partial charge is 0.251 e. The monoisotopic (exact) mass is 344 g/mol. The number of ether oxygens (including phenoxy) is 1. The topological polar surface area (TPSA) is 41.6 Å². The van der Waals surface area contributed by atoms with Gasteiger partial charge in [0.2, 0.25) is 0 Å². The van der Waals surface area contributed by atoms with Gasteiger partial charge in [-0.25, -0.2) is 0 Å². The van der Waals surface area contributed by atoms with E-state index in [1.807, 2.05) is 18.2 Å². The van der Waals surface area contributed by atoms with E-state index >= 15 is 0 Å². The Bertz CT molecular complexity index is 681. The summed E-state index contributed by atoms with van der Waals surface area (Å²) in [7, 11) is 0. The highest BCUT2D eigenvalue weighted by Crippen LogP contribution is 2.26. The van der Waals surface area contributed by atoms with Gasteiger partial charge in [0.05, 0.1) is 12.6 Å². The third kappa shape index (κ3) is 3.62. The fourth-order valence-electron chi connectivity index (χ4n) is 3.21. The molecule has 2 heterocycles. The van der Waals surface area contributed by atoms with E-state index in [1.54, 1.807) is 11.3 Å². The molecule has 128 valence electrons. The van der Waals surface area contributed by atoms with Crippen LogP contribution in [-0.2, 0) is 6.42 Å². The van der Waals surface area contributed by atoms with Crippen LogP contribution in [0.5, 0.6) is 5.75 Å². The lowest BCUT2D eigenvalue weighted by Crippen LogP contribution is -2.37. The number of nitrogens with one attached hydrogen (secondary N) is 1. The molecule has 0 radical (unpaired) electrons. The lowest BCUT2D eigenvalue weighted by Gasteiger charge is -2.29. The molecule has 24 heavy (non-hydrogen) atoms. The summed E-state index contributed by atoms with van der Waals surface area (Å²) in [6.45, 7) is 7.57. The van der Waals surface area contributed by atoms with Gasteiger partial charge in [0, 0.05) is 18.5 Å². The number of carbonyl (C=O) groups is 1. The van der Waals surface area contributed by atoms with Crippen molar-refractivity contribution in [1.29, 1.82) is 0 Å². The van der Waals surface area contributed by atoms with Gasteiger partial charge in [0.15, 0.2) is 0 Å². The Kier molecular flexibility index (Phi) is 5.53. The van der Waals surface area contributed by atoms with Gasteiger partial charge in [-0.2, -0.15) is 11.3 Å². The van der Waals surface area contributed by atoms with Crippen molar-refractivity contribution < 1.29 is 9.53 Å². The maximum atomic E-state index is 12.5. The summed E-state index contributed by atoms with van der Waals surface area (Å²) in [6.07, 6.45) is 0.882. The molecule has 1 unspecified atom stereocenters. The first-order valence-electron chi connectivity index (χ1n) is 8.53. The molecule has 5 heteroatoms. The molecular weight excluding hydrogens is 320 g/mol. The molecule has 1 amide bonds. The van der Waals surface area contributed by atoms with Gasteiger partial charge in [0.25, 0.3) is 5.91 Å². The molecule has 1 aromatic heterocycles. The minimum atomic E-state index is -0.0166. The molecule has 4 nitrogen and oxygen atoms in total. The first-order valence-corrected chi connectivity index (χ1v) is 9.47. The minimum Gasteiger partial charge on any atom is -0.493 e. The van der Waals surface area contributed by atoms with Crippen LogP contribution in [0, 0.1) is 0 Å². The van der Waals surface area contributed by atoms with Gasteiger partial charge in [-0.15, -0.1) is 0 Å². The quantitative estimate of drug-likeness (QED) is 0.836. The van der Waals surface area contributed by atoms with Gasteiger partial charge >= 0.3 is 0 Å². The van der Waals surface area contributed by atoms with E-state index in [2.05, 4.69) is 40.9 Å². The summed E-state index contributed by atoms with van der Waals surface area (Å²) in [5.41, 5.74) is 3.11. The van der Waals surface area contributed by atoms with Crippen molar-refractivity contribution in [3.8, 4) is 5.75 Å². The first-order chi connectivity index (χ1) is 11.7. The molecule has 0 fully saturated rings. The fourth-order valence-corrected chi connectivity index (χ4v) is 3.91. The van der Waals surface area contributed by atoms with Crippen molar-refractivity contribution in [2.75, 3.05) is 26.2 Å². The third-order valence-corrected chi connectivity index (χ3v) is 5.29. The van der Waals surface area contributed by atoms with Crippen molar-refractivity contribution in [2.24, 2.45) is 0 Å². The molecule has 1 aliphatic rings. The van der Waals surface area contributed by atoms with Crippen LogP contribution in [0.3, 0.4) is 0 Å². The van der Waals surface area contributed by atoms with E-state index in [-0.39, 0.29) is 11.9 Å². The number of hydrogen-bond donors (Lipinski definition) is 1. The number of thiophene rings is 1. The van der Waals surface area contributed by atoms with E-state index in [0.29, 0.717) is 18.7 Å². The molecule has 2 aromatic rings. The normalized spacial score (nSPS) is 14.3. The average Bonchev–Trinajstić information content (AvgIpc) is 3.28. The van der Waals surface area contributed by atoms with E-state index in [4.69, 9.17) is 4.74 Å². The molecule has 0 spiro atoms. The van der Waals surface area contributed by atoms with Gasteiger partial charge in [-0.05, 0) is 59.2 Å². The summed E-state index contributed by atoms with van der Waals surface area (Å²) >= 11 is 1.70. The molecule has 0 bridgehead atoms. The van der Waals surface area contributed by atoms with Gasteiger partial charge in [-0.1, -0.05) is 13.8 Å². The predicted molar refractivity (Wildman–Crippen MR) is 98.0 cm³/mol. The van der Waals surface area contributed by atoms with Crippen LogP contribution in [0.15, 0.2) is 35.0 Å². The van der Waals surface area contributed by atoms with Crippen molar-refractivity contribution in [3.63, 3.8) is 0 Å². The van der Waals surface area contributed by atoms with Crippen LogP contribution in [-0.4, -0.2) is 37.0 Å². The number of nitrogens with zero attached hydrogens (tertiary/aromatic N) is 1. The largest absolute Gasteiger partial charge is 0.493 e. The van der Waals surface area contributed by atoms with E-state index < -0.39 is 0 Å². The van der Waals surface area contributed by atoms with E-state index in [1.165, 1.54) is 5.56 Å². The zero-order chi connectivity index (χ0) is 16.9. The maximum Gasteiger partial charge on any atom is 0.251 e. The van der Waals surface area contributed by atoms with E-state index in [9.17, 15) is 4.79 Å². The molecule has 1 aliphatic heterocycles. The number of amides is 1. The first kappa shape index (κ1) is 17.0. The van der Waals surface area contributed by atoms with Gasteiger partial charge in [-0.3, -0.25) is 9.69 Å². The van der Waals surface area contributed by atoms with Gasteiger partial charge < -0.3 is 10.1 Å². The molecule has 1 N–H and O–H groups in total. The Labute approximate surface area is 147 Å². The highest BCUT2D eigenvalue weighted by atomic mass is 32.1. The Morgan fingerprint density at radius 1 is 1.33 bits per heavy atom. The molecule has 0 aliphatic carbocycles. The highest BCUT2D eigenvalue weighted by Gasteiger charge is 2.20. The standard InChI is InChI=1S/C19H24N2O2S/c1-3-21(4-2)17(16-8-10-24-13-16)12-20-19(22)15-5-6-18-14(11-15)7-9-23-18/h5-6,8,10-11,13,17H,3-4,7,9,12H2,1-2H3,(H,20,22). The Morgan fingerprint density at radius 3 is 2.88 bits per heavy atom. The van der Waals surface area contributed by atoms with Crippen molar-refractivity contribution >= 4 is 17.2 Å². The molecule has 3 rings (SSSR count). The molecule has 0 saturated carbocycles. The molecule has 1 atom stereocenters. The highest BCUT2D eigenvalue weighted by molar-refractivity contribution is 7.07. The van der Waals surface area contributed by atoms with Crippen molar-refractivity contribution in [3.05, 3.63) is 51.7 Å². The fraction of sp³-hybridized carbons (Fsp3) is 0.421. The zero-order valence-electron chi connectivity index (χ0n) is 14.2. The number of likely N-dealkylation sites (N-methyl/N-ethyl adjacent to an activating group) is 1. The van der Waals surface area contributed by atoms with Crippen molar-refractivity contribution in [2.45, 2.75) is 26.3 Å². The van der Waals surface area contributed by atoms with Crippen LogP contribution < -0.4 is 10.1 Å². The van der Waals surface area contributed by atoms with Crippen molar-refractivity contribution in [1.82, 2.24) is 10.2 Å². The van der Waals surface area contributed by atoms with Crippen LogP contribution in [0.1, 0.15) is 41.4 Å². The van der Waals surface area contributed by atoms with E-state index in [0.717, 1.165) is 30.8 Å². The number of carbonyl (C=O) groups excluding carboxylic acids is 1. The Balaban J connectivity index is 1.69. The van der Waals surface area contributed by atoms with Crippen LogP contribution in [0.25, 0.3) is 0 Å². The van der Waals surface area contributed by atoms with Crippen LogP contribution in [0.2, 0.25) is 0 Å². The Hall–Kier alpha value is -1.85. The van der Waals surface area contributed by atoms with Crippen LogP contribution in [0.4, 0.5) is 0 Å². The second kappa shape index (κ2) is 7.81. The number of rotatable bonds is 7. The SMILES string of the molecule is CCN(CC)C(CNC(=O)c1ccc2c(c1)CCO2)c1ccsc1. The maximum absolute atomic E-state index is 12.5. The summed E-state index contributed by atoms with van der Waals surface area (Å²) in [5, 5.41) is 7.37. The second-order valence-electron chi connectivity index (χ2n) is 5.92. The predicted octanol–water partition coefficient (Wildman–Crippen LogP) is 3.50. The lowest BCUT2D eigenvalue weighted by molar-refractivity contribution is 0.0935. The lowest BCUT2D eigenvalue weighted by atomic mass is 10.1. The van der Waals surface area contributed by atoms with Crippen LogP contribution >= 0.6 is 11.3 Å². The summed E-state index contributed by atoms with van der Waals surface area (Å²) in [4.78, 5) is 14.9. The molecule has 0 saturated heterocycles. The third-order valence-electron chi connectivity index (χ3n) is 4.59. The Morgan fingerprint density at radius 2 is 2.17 bits per heavy atom. The molecular formula is C19H24N2O2S. The summed E-state index contributed by atoms with van der Waals surface area (Å²) in [5.74, 6) is 0.892. The second-order valence-corrected chi connectivity index (χ2v) is 6.70.